The fraction of sp³-hybridized carbons (Fsp3) is 0.714. The molecule has 4 heteroatoms. The third-order valence-electron chi connectivity index (χ3n) is 8.47. The molecule has 2 fully saturated rings. The van der Waals surface area contributed by atoms with Gasteiger partial charge in [0, 0.05) is 11.0 Å². The van der Waals surface area contributed by atoms with Gasteiger partial charge in [-0.15, -0.1) is 0 Å². The van der Waals surface area contributed by atoms with Crippen molar-refractivity contribution >= 4 is 11.8 Å². The summed E-state index contributed by atoms with van der Waals surface area (Å²) in [5, 5.41) is 30.7. The lowest BCUT2D eigenvalue weighted by Gasteiger charge is -2.42. The summed E-state index contributed by atoms with van der Waals surface area (Å²) < 4.78 is 0. The van der Waals surface area contributed by atoms with E-state index in [4.69, 9.17) is 5.11 Å². The van der Waals surface area contributed by atoms with Gasteiger partial charge < -0.3 is 15.3 Å². The molecule has 0 spiro atoms. The monoisotopic (exact) mass is 460 g/mol. The van der Waals surface area contributed by atoms with E-state index >= 15 is 0 Å². The minimum atomic E-state index is -0.543. The van der Waals surface area contributed by atoms with Crippen LogP contribution in [0.5, 0.6) is 0 Å². The van der Waals surface area contributed by atoms with Crippen LogP contribution >= 0.6 is 11.8 Å². The lowest BCUT2D eigenvalue weighted by molar-refractivity contribution is 0.0571. The van der Waals surface area contributed by atoms with E-state index in [1.165, 1.54) is 24.8 Å². The fourth-order valence-electron chi connectivity index (χ4n) is 5.99. The maximum absolute atomic E-state index is 10.7. The summed E-state index contributed by atoms with van der Waals surface area (Å²) in [6, 6.07) is 0. The number of hydrogen-bond donors (Lipinski definition) is 3. The molecule has 0 aromatic rings. The Bertz CT molecular complexity index is 774. The van der Waals surface area contributed by atoms with E-state index in [1.54, 1.807) is 17.2 Å². The molecule has 0 bridgehead atoms. The molecule has 0 heterocycles. The highest BCUT2D eigenvalue weighted by Crippen LogP contribution is 2.57. The number of aliphatic hydroxyl groups excluding tert-OH is 2. The van der Waals surface area contributed by atoms with Crippen LogP contribution in [-0.2, 0) is 0 Å². The average Bonchev–Trinajstić information content (AvgIpc) is 3.15. The number of allylic oxidation sites excluding steroid dienone is 4. The number of fused-ring (bicyclic) bond motifs is 1. The van der Waals surface area contributed by atoms with Gasteiger partial charge in [-0.2, -0.15) is 11.8 Å². The van der Waals surface area contributed by atoms with Crippen molar-refractivity contribution in [2.24, 2.45) is 11.3 Å². The van der Waals surface area contributed by atoms with E-state index in [9.17, 15) is 10.2 Å². The van der Waals surface area contributed by atoms with Gasteiger partial charge in [0.2, 0.25) is 0 Å². The zero-order valence-corrected chi connectivity index (χ0v) is 21.4. The summed E-state index contributed by atoms with van der Waals surface area (Å²) in [6.07, 6.45) is 17.4. The van der Waals surface area contributed by atoms with Crippen molar-refractivity contribution < 1.29 is 15.3 Å². The summed E-state index contributed by atoms with van der Waals surface area (Å²) >= 11 is 1.93. The molecule has 0 saturated heterocycles. The minimum Gasteiger partial charge on any atom is -0.392 e. The lowest BCUT2D eigenvalue weighted by atomic mass is 9.64. The predicted octanol–water partition coefficient (Wildman–Crippen LogP) is 6.11. The van der Waals surface area contributed by atoms with Crippen LogP contribution in [0.15, 0.2) is 46.6 Å². The van der Waals surface area contributed by atoms with Crippen LogP contribution in [0.3, 0.4) is 0 Å². The SMILES string of the molecule is CCC(O)(CC)CS[C@H](C)C1=CCC2/C(=C/C=C3/CC/C(=C/CO)C(O)C3)CCCC12C. The highest BCUT2D eigenvalue weighted by molar-refractivity contribution is 8.00. The topological polar surface area (TPSA) is 60.7 Å². The molecule has 0 aliphatic heterocycles. The molecule has 3 aliphatic carbocycles. The van der Waals surface area contributed by atoms with Crippen molar-refractivity contribution in [1.82, 2.24) is 0 Å². The zero-order valence-electron chi connectivity index (χ0n) is 20.6. The van der Waals surface area contributed by atoms with Gasteiger partial charge in [0.15, 0.2) is 0 Å². The Kier molecular flexibility index (Phi) is 8.93. The molecule has 3 N–H and O–H groups in total. The van der Waals surface area contributed by atoms with Crippen molar-refractivity contribution in [3.05, 3.63) is 46.6 Å². The van der Waals surface area contributed by atoms with Crippen LogP contribution in [0.4, 0.5) is 0 Å². The molecular weight excluding hydrogens is 416 g/mol. The molecule has 3 aliphatic rings. The van der Waals surface area contributed by atoms with E-state index in [0.29, 0.717) is 17.6 Å². The fourth-order valence-corrected chi connectivity index (χ4v) is 7.50. The van der Waals surface area contributed by atoms with Crippen molar-refractivity contribution in [3.63, 3.8) is 0 Å². The molecule has 180 valence electrons. The molecular formula is C28H44O3S. The van der Waals surface area contributed by atoms with Gasteiger partial charge in [0.1, 0.15) is 0 Å². The Hall–Kier alpha value is -0.810. The Balaban J connectivity index is 1.68. The number of aliphatic hydroxyl groups is 3. The highest BCUT2D eigenvalue weighted by Gasteiger charge is 2.46. The zero-order chi connectivity index (χ0) is 23.4. The van der Waals surface area contributed by atoms with Crippen molar-refractivity contribution in [2.75, 3.05) is 12.4 Å². The molecule has 3 rings (SSSR count). The maximum atomic E-state index is 10.7. The van der Waals surface area contributed by atoms with E-state index in [2.05, 4.69) is 45.9 Å². The molecule has 4 atom stereocenters. The third kappa shape index (κ3) is 5.63. The molecule has 0 amide bonds. The Morgan fingerprint density at radius 3 is 2.59 bits per heavy atom. The van der Waals surface area contributed by atoms with Crippen LogP contribution in [0.25, 0.3) is 0 Å². The molecule has 3 unspecified atom stereocenters. The first-order chi connectivity index (χ1) is 15.3. The van der Waals surface area contributed by atoms with Crippen LogP contribution in [0.1, 0.15) is 85.5 Å². The Morgan fingerprint density at radius 2 is 1.94 bits per heavy atom. The molecule has 3 nitrogen and oxygen atoms in total. The summed E-state index contributed by atoms with van der Waals surface area (Å²) in [5.74, 6) is 1.39. The first kappa shape index (κ1) is 25.8. The van der Waals surface area contributed by atoms with Gasteiger partial charge in [0.25, 0.3) is 0 Å². The van der Waals surface area contributed by atoms with Crippen LogP contribution < -0.4 is 0 Å². The van der Waals surface area contributed by atoms with Crippen LogP contribution in [0.2, 0.25) is 0 Å². The van der Waals surface area contributed by atoms with Crippen molar-refractivity contribution in [2.45, 2.75) is 102 Å². The van der Waals surface area contributed by atoms with Gasteiger partial charge in [-0.25, -0.2) is 0 Å². The maximum Gasteiger partial charge on any atom is 0.0788 e. The quantitative estimate of drug-likeness (QED) is 0.382. The number of thioether (sulfide) groups is 1. The van der Waals surface area contributed by atoms with Crippen LogP contribution in [0, 0.1) is 11.3 Å². The molecule has 0 aromatic carbocycles. The molecule has 0 aromatic heterocycles. The second kappa shape index (κ2) is 11.1. The summed E-state index contributed by atoms with van der Waals surface area (Å²) in [7, 11) is 0. The lowest BCUT2D eigenvalue weighted by Crippen LogP contribution is -2.35. The number of rotatable bonds is 8. The smallest absolute Gasteiger partial charge is 0.0788 e. The van der Waals surface area contributed by atoms with Gasteiger partial charge in [-0.05, 0) is 81.6 Å². The molecule has 32 heavy (non-hydrogen) atoms. The van der Waals surface area contributed by atoms with Gasteiger partial charge in [-0.3, -0.25) is 0 Å². The Labute approximate surface area is 199 Å². The second-order valence-corrected chi connectivity index (χ2v) is 11.7. The normalized spacial score (nSPS) is 33.6. The molecule has 0 radical (unpaired) electrons. The second-order valence-electron chi connectivity index (χ2n) is 10.4. The minimum absolute atomic E-state index is 0.0119. The van der Waals surface area contributed by atoms with Gasteiger partial charge in [0.05, 0.1) is 18.3 Å². The highest BCUT2D eigenvalue weighted by atomic mass is 32.2. The Morgan fingerprint density at radius 1 is 1.19 bits per heavy atom. The summed E-state index contributed by atoms with van der Waals surface area (Å²) in [4.78, 5) is 0. The van der Waals surface area contributed by atoms with Gasteiger partial charge >= 0.3 is 0 Å². The average molecular weight is 461 g/mol. The number of hydrogen-bond acceptors (Lipinski definition) is 4. The van der Waals surface area contributed by atoms with E-state index in [-0.39, 0.29) is 12.0 Å². The predicted molar refractivity (Wildman–Crippen MR) is 137 cm³/mol. The van der Waals surface area contributed by atoms with E-state index in [1.807, 2.05) is 11.8 Å². The summed E-state index contributed by atoms with van der Waals surface area (Å²) in [5.41, 5.74) is 5.15. The van der Waals surface area contributed by atoms with Crippen molar-refractivity contribution in [3.8, 4) is 0 Å². The van der Waals surface area contributed by atoms with E-state index in [0.717, 1.165) is 43.4 Å². The van der Waals surface area contributed by atoms with Crippen LogP contribution in [-0.4, -0.2) is 44.6 Å². The standard InChI is InChI=1S/C28H44O3S/c1-5-28(31,6-2)19-32-20(3)24-13-14-25-22(8-7-16-27(24,25)4)11-9-21-10-12-23(15-17-29)26(30)18-21/h9,11,13,15,20,25-26,29-31H,5-8,10,12,14,16-19H2,1-4H3/b21-9-,22-11+,23-15-/t20-,25?,26?,27?/m1/s1. The first-order valence-corrected chi connectivity index (χ1v) is 13.7. The first-order valence-electron chi connectivity index (χ1n) is 12.7. The largest absolute Gasteiger partial charge is 0.392 e. The van der Waals surface area contributed by atoms with E-state index < -0.39 is 11.7 Å². The van der Waals surface area contributed by atoms with Crippen molar-refractivity contribution in [1.29, 1.82) is 0 Å². The van der Waals surface area contributed by atoms with Gasteiger partial charge in [-0.1, -0.05) is 61.8 Å². The summed E-state index contributed by atoms with van der Waals surface area (Å²) in [6.45, 7) is 8.98. The third-order valence-corrected chi connectivity index (χ3v) is 9.93. The molecule has 2 saturated carbocycles.